The zero-order chi connectivity index (χ0) is 20.6. The summed E-state index contributed by atoms with van der Waals surface area (Å²) in [6.07, 6.45) is -12.1. The molecule has 0 aliphatic carbocycles. The van der Waals surface area contributed by atoms with E-state index < -0.39 is 40.5 Å². The van der Waals surface area contributed by atoms with Gasteiger partial charge in [-0.2, -0.15) is 26.3 Å². The van der Waals surface area contributed by atoms with E-state index in [1.807, 2.05) is 0 Å². The third-order valence-corrected chi connectivity index (χ3v) is 4.70. The molecule has 0 N–H and O–H groups in total. The molecule has 147 valence electrons. The average molecular weight is 507 g/mol. The highest BCUT2D eigenvalue weighted by molar-refractivity contribution is 14.1. The van der Waals surface area contributed by atoms with Crippen molar-refractivity contribution in [2.45, 2.75) is 37.8 Å². The molecule has 0 unspecified atom stereocenters. The minimum absolute atomic E-state index is 0.0208. The van der Waals surface area contributed by atoms with Crippen LogP contribution in [0.1, 0.15) is 24.5 Å². The number of aryl methyl sites for hydroxylation is 1. The molecule has 27 heavy (non-hydrogen) atoms. The van der Waals surface area contributed by atoms with Crippen molar-refractivity contribution in [3.8, 4) is 11.1 Å². The van der Waals surface area contributed by atoms with Gasteiger partial charge in [0.25, 0.3) is 0 Å². The van der Waals surface area contributed by atoms with Crippen LogP contribution in [-0.4, -0.2) is 12.4 Å². The molecule has 2 aromatic rings. The molecule has 9 heteroatoms. The maximum absolute atomic E-state index is 14.8. The largest absolute Gasteiger partial charge is 0.435 e. The number of alkyl halides is 7. The molecule has 0 aliphatic rings. The van der Waals surface area contributed by atoms with Gasteiger partial charge in [0.15, 0.2) is 0 Å². The van der Waals surface area contributed by atoms with Gasteiger partial charge in [0.2, 0.25) is 0 Å². The predicted molar refractivity (Wildman–Crippen MR) is 92.3 cm³/mol. The Bertz CT molecular complexity index is 809. The summed E-state index contributed by atoms with van der Waals surface area (Å²) in [4.78, 5) is 0. The Morgan fingerprint density at radius 3 is 2.00 bits per heavy atom. The van der Waals surface area contributed by atoms with E-state index in [0.717, 1.165) is 12.1 Å². The van der Waals surface area contributed by atoms with E-state index in [4.69, 9.17) is 0 Å². The summed E-state index contributed by atoms with van der Waals surface area (Å²) in [5.74, 6) is -1.07. The quantitative estimate of drug-likeness (QED) is 0.305. The van der Waals surface area contributed by atoms with Crippen LogP contribution in [0.2, 0.25) is 0 Å². The fourth-order valence-corrected chi connectivity index (χ4v) is 3.60. The van der Waals surface area contributed by atoms with Crippen molar-refractivity contribution in [2.75, 3.05) is 0 Å². The SMILES string of the molecule is CCCc1[c]c(I)c(-c2ccccc2F)c(C(F)(C(F)(F)F)C(F)(F)F)c1. The summed E-state index contributed by atoms with van der Waals surface area (Å²) >= 11 is 1.44. The van der Waals surface area contributed by atoms with Gasteiger partial charge in [-0.15, -0.1) is 0 Å². The van der Waals surface area contributed by atoms with Gasteiger partial charge in [-0.3, -0.25) is 0 Å². The van der Waals surface area contributed by atoms with E-state index in [9.17, 15) is 35.1 Å². The van der Waals surface area contributed by atoms with E-state index in [-0.39, 0.29) is 15.6 Å². The lowest BCUT2D eigenvalue weighted by atomic mass is 9.85. The van der Waals surface area contributed by atoms with Crippen LogP contribution in [0.5, 0.6) is 0 Å². The minimum atomic E-state index is -6.29. The first-order valence-corrected chi connectivity index (χ1v) is 8.74. The molecule has 0 spiro atoms. The van der Waals surface area contributed by atoms with E-state index in [1.54, 1.807) is 6.92 Å². The van der Waals surface area contributed by atoms with Gasteiger partial charge in [0.05, 0.1) is 0 Å². The highest BCUT2D eigenvalue weighted by atomic mass is 127. The molecule has 0 saturated heterocycles. The summed E-state index contributed by atoms with van der Waals surface area (Å²) < 4.78 is 109. The van der Waals surface area contributed by atoms with Gasteiger partial charge in [-0.1, -0.05) is 37.6 Å². The van der Waals surface area contributed by atoms with Crippen molar-refractivity contribution < 1.29 is 35.1 Å². The Kier molecular flexibility index (Phi) is 6.13. The molecule has 1 radical (unpaired) electrons. The molecule has 0 bridgehead atoms. The van der Waals surface area contributed by atoms with E-state index in [1.165, 1.54) is 34.7 Å². The molecule has 0 atom stereocenters. The number of benzene rings is 2. The lowest BCUT2D eigenvalue weighted by molar-refractivity contribution is -0.348. The third kappa shape index (κ3) is 3.93. The monoisotopic (exact) mass is 507 g/mol. The fourth-order valence-electron chi connectivity index (χ4n) is 2.67. The Balaban J connectivity index is 2.97. The highest BCUT2D eigenvalue weighted by Gasteiger charge is 2.74. The van der Waals surface area contributed by atoms with Crippen LogP contribution >= 0.6 is 22.6 Å². The van der Waals surface area contributed by atoms with Gasteiger partial charge in [-0.25, -0.2) is 8.78 Å². The van der Waals surface area contributed by atoms with Gasteiger partial charge < -0.3 is 0 Å². The molecule has 0 amide bonds. The lowest BCUT2D eigenvalue weighted by Gasteiger charge is -2.32. The second-order valence-electron chi connectivity index (χ2n) is 5.78. The summed E-state index contributed by atoms with van der Waals surface area (Å²) in [5.41, 5.74) is -8.74. The van der Waals surface area contributed by atoms with Gasteiger partial charge in [-0.05, 0) is 40.6 Å². The van der Waals surface area contributed by atoms with Gasteiger partial charge in [0.1, 0.15) is 5.82 Å². The smallest absolute Gasteiger partial charge is 0.218 e. The topological polar surface area (TPSA) is 0 Å². The Labute approximate surface area is 163 Å². The molecule has 0 nitrogen and oxygen atoms in total. The van der Waals surface area contributed by atoms with Crippen LogP contribution in [0.25, 0.3) is 11.1 Å². The molecular formula is C18H12F8I. The van der Waals surface area contributed by atoms with E-state index in [2.05, 4.69) is 6.07 Å². The fraction of sp³-hybridized carbons (Fsp3) is 0.333. The van der Waals surface area contributed by atoms with Crippen LogP contribution in [0.15, 0.2) is 30.3 Å². The molecule has 2 rings (SSSR count). The Morgan fingerprint density at radius 1 is 0.963 bits per heavy atom. The predicted octanol–water partition coefficient (Wildman–Crippen LogP) is 7.14. The van der Waals surface area contributed by atoms with Crippen molar-refractivity contribution in [2.24, 2.45) is 0 Å². The zero-order valence-electron chi connectivity index (χ0n) is 13.7. The number of hydrogen-bond donors (Lipinski definition) is 0. The van der Waals surface area contributed by atoms with Crippen molar-refractivity contribution in [3.63, 3.8) is 0 Å². The molecule has 0 heterocycles. The van der Waals surface area contributed by atoms with E-state index >= 15 is 0 Å². The van der Waals surface area contributed by atoms with Crippen LogP contribution in [0, 0.1) is 15.5 Å². The first-order valence-electron chi connectivity index (χ1n) is 7.67. The first-order chi connectivity index (χ1) is 12.3. The van der Waals surface area contributed by atoms with Crippen molar-refractivity contribution >= 4 is 22.6 Å². The summed E-state index contributed by atoms with van der Waals surface area (Å²) in [6, 6.07) is 7.44. The van der Waals surface area contributed by atoms with Gasteiger partial charge in [0, 0.05) is 26.3 Å². The summed E-state index contributed by atoms with van der Waals surface area (Å²) in [5, 5.41) is 0. The molecule has 0 saturated carbocycles. The molecule has 0 fully saturated rings. The summed E-state index contributed by atoms with van der Waals surface area (Å²) in [7, 11) is 0. The van der Waals surface area contributed by atoms with Gasteiger partial charge >= 0.3 is 18.0 Å². The normalized spacial score (nSPS) is 13.1. The van der Waals surface area contributed by atoms with Crippen molar-refractivity contribution in [1.82, 2.24) is 0 Å². The molecule has 0 aliphatic heterocycles. The zero-order valence-corrected chi connectivity index (χ0v) is 15.9. The maximum atomic E-state index is 14.8. The second-order valence-corrected chi connectivity index (χ2v) is 6.86. The average Bonchev–Trinajstić information content (AvgIpc) is 2.53. The van der Waals surface area contributed by atoms with E-state index in [0.29, 0.717) is 12.5 Å². The third-order valence-electron chi connectivity index (χ3n) is 3.89. The molecule has 0 aromatic heterocycles. The molecular weight excluding hydrogens is 495 g/mol. The Hall–Kier alpha value is -1.39. The number of rotatable bonds is 4. The van der Waals surface area contributed by atoms with Crippen LogP contribution in [0.3, 0.4) is 0 Å². The lowest BCUT2D eigenvalue weighted by Crippen LogP contribution is -2.50. The van der Waals surface area contributed by atoms with Crippen molar-refractivity contribution in [3.05, 3.63) is 56.9 Å². The first kappa shape index (κ1) is 21.9. The maximum Gasteiger partial charge on any atom is 0.435 e. The van der Waals surface area contributed by atoms with Crippen LogP contribution < -0.4 is 0 Å². The standard InChI is InChI=1S/C18H12F8I/c1-2-5-10-8-12(16(20,17(21,22)23)18(24,25)26)15(14(27)9-10)11-6-3-4-7-13(11)19/h3-4,6-8H,2,5H2,1H3. The molecule has 2 aromatic carbocycles. The minimum Gasteiger partial charge on any atom is -0.218 e. The van der Waals surface area contributed by atoms with Crippen molar-refractivity contribution in [1.29, 1.82) is 0 Å². The highest BCUT2D eigenvalue weighted by Crippen LogP contribution is 2.56. The number of hydrogen-bond acceptors (Lipinski definition) is 0. The van der Waals surface area contributed by atoms with Crippen LogP contribution in [0.4, 0.5) is 35.1 Å². The Morgan fingerprint density at radius 2 is 1.52 bits per heavy atom. The van der Waals surface area contributed by atoms with Crippen LogP contribution in [-0.2, 0) is 12.1 Å². The summed E-state index contributed by atoms with van der Waals surface area (Å²) in [6.45, 7) is 1.65. The number of halogens is 9. The second kappa shape index (κ2) is 7.56.